The number of rotatable bonds is 42. The van der Waals surface area contributed by atoms with Crippen LogP contribution in [0.5, 0.6) is 0 Å². The van der Waals surface area contributed by atoms with Gasteiger partial charge in [-0.1, -0.05) is 253 Å². The molecule has 0 aromatic carbocycles. The second kappa shape index (κ2) is 44.7. The molecule has 0 saturated carbocycles. The normalized spacial score (nSPS) is 12.9. The monoisotopic (exact) mass is 765 g/mol. The van der Waals surface area contributed by atoms with Gasteiger partial charge < -0.3 is 9.84 Å². The summed E-state index contributed by atoms with van der Waals surface area (Å²) in [5.41, 5.74) is -0.234. The third kappa shape index (κ3) is 36.6. The molecule has 0 aliphatic carbocycles. The van der Waals surface area contributed by atoms with Crippen LogP contribution < -0.4 is 0 Å². The molecule has 0 aromatic heterocycles. The van der Waals surface area contributed by atoms with Crippen molar-refractivity contribution < 1.29 is 19.4 Å². The Labute approximate surface area is 340 Å². The number of hydrogen-bond acceptors (Lipinski definition) is 3. The predicted octanol–water partition coefficient (Wildman–Crippen LogP) is 17.5. The lowest BCUT2D eigenvalue weighted by atomic mass is 9.76. The summed E-state index contributed by atoms with van der Waals surface area (Å²) >= 11 is 0. The number of carboxylic acids is 1. The van der Waals surface area contributed by atoms with Crippen molar-refractivity contribution in [2.45, 2.75) is 292 Å². The Morgan fingerprint density at radius 1 is 0.426 bits per heavy atom. The van der Waals surface area contributed by atoms with E-state index in [-0.39, 0.29) is 17.3 Å². The molecule has 0 spiro atoms. The molecule has 2 unspecified atom stereocenters. The van der Waals surface area contributed by atoms with E-state index in [1.165, 1.54) is 186 Å². The van der Waals surface area contributed by atoms with Crippen LogP contribution in [-0.2, 0) is 14.3 Å². The van der Waals surface area contributed by atoms with Crippen LogP contribution in [0, 0.1) is 11.3 Å². The highest BCUT2D eigenvalue weighted by atomic mass is 16.5. The van der Waals surface area contributed by atoms with Crippen LogP contribution in [-0.4, -0.2) is 23.7 Å². The quantitative estimate of drug-likeness (QED) is 0.0497. The fourth-order valence-corrected chi connectivity index (χ4v) is 7.92. The molecule has 0 aliphatic rings. The fourth-order valence-electron chi connectivity index (χ4n) is 7.92. The Morgan fingerprint density at radius 3 is 1.06 bits per heavy atom. The maximum Gasteiger partial charge on any atom is 0.312 e. The van der Waals surface area contributed by atoms with Gasteiger partial charge in [-0.15, -0.1) is 0 Å². The van der Waals surface area contributed by atoms with Crippen LogP contribution in [0.1, 0.15) is 292 Å². The minimum Gasteiger partial charge on any atom is -0.481 e. The molecule has 0 radical (unpaired) electrons. The van der Waals surface area contributed by atoms with Gasteiger partial charge in [-0.25, -0.2) is 0 Å². The predicted molar refractivity (Wildman–Crippen MR) is 239 cm³/mol. The molecule has 0 amide bonds. The first-order valence-corrected chi connectivity index (χ1v) is 24.8. The molecule has 4 nitrogen and oxygen atoms in total. The number of hydrogen-bond donors (Lipinski definition) is 1. The van der Waals surface area contributed by atoms with Crippen LogP contribution in [0.25, 0.3) is 0 Å². The number of carbonyl (C=O) groups excluding carboxylic acids is 1. The van der Waals surface area contributed by atoms with Gasteiger partial charge in [0.25, 0.3) is 0 Å². The first kappa shape index (κ1) is 55.0. The average Bonchev–Trinajstić information content (AvgIpc) is 3.17. The number of aliphatic carboxylic acids is 1. The van der Waals surface area contributed by atoms with Gasteiger partial charge in [0.15, 0.2) is 0 Å². The van der Waals surface area contributed by atoms with E-state index in [2.05, 4.69) is 34.6 Å². The second-order valence-electron chi connectivity index (χ2n) is 17.1. The zero-order valence-electron chi connectivity index (χ0n) is 38.0. The summed E-state index contributed by atoms with van der Waals surface area (Å²) in [5.74, 6) is -0.639. The number of esters is 1. The van der Waals surface area contributed by atoms with Crippen molar-refractivity contribution in [2.24, 2.45) is 11.3 Å². The molecule has 0 aliphatic heterocycles. The van der Waals surface area contributed by atoms with Crippen molar-refractivity contribution in [3.8, 4) is 0 Å². The Kier molecular flexibility index (Phi) is 45.5. The standard InChI is InChI=1S/C42H84O2.C8H16O2/c1-5-9-12-14-16-18-20-22-24-25-27-29-31-33-35-37-40-44-41(43)42(8-4,38-11-7-3)39-36-34-32-30-28-26-23-21-19-17-15-13-10-6-2;1-3-5-6-7(4-2)8(9)10/h5-40H2,1-4H3;7H,3-6H2,1-2H3,(H,9,10). The van der Waals surface area contributed by atoms with E-state index in [0.29, 0.717) is 6.61 Å². The summed E-state index contributed by atoms with van der Waals surface area (Å²) in [5, 5.41) is 8.60. The summed E-state index contributed by atoms with van der Waals surface area (Å²) < 4.78 is 5.95. The van der Waals surface area contributed by atoms with E-state index in [0.717, 1.165) is 64.2 Å². The molecule has 54 heavy (non-hydrogen) atoms. The lowest BCUT2D eigenvalue weighted by molar-refractivity contribution is -0.157. The van der Waals surface area contributed by atoms with Crippen molar-refractivity contribution >= 4 is 11.9 Å². The molecule has 4 heteroatoms. The molecule has 0 saturated heterocycles. The summed E-state index contributed by atoms with van der Waals surface area (Å²) in [6.45, 7) is 13.7. The van der Waals surface area contributed by atoms with Crippen molar-refractivity contribution in [3.63, 3.8) is 0 Å². The van der Waals surface area contributed by atoms with Crippen molar-refractivity contribution in [1.29, 1.82) is 0 Å². The highest BCUT2D eigenvalue weighted by molar-refractivity contribution is 5.76. The zero-order chi connectivity index (χ0) is 40.2. The summed E-state index contributed by atoms with van der Waals surface area (Å²) in [6.07, 6.45) is 50.3. The molecule has 0 fully saturated rings. The zero-order valence-corrected chi connectivity index (χ0v) is 38.0. The fraction of sp³-hybridized carbons (Fsp3) is 0.960. The van der Waals surface area contributed by atoms with Gasteiger partial charge in [-0.05, 0) is 38.5 Å². The van der Waals surface area contributed by atoms with Crippen LogP contribution in [0.3, 0.4) is 0 Å². The topological polar surface area (TPSA) is 63.6 Å². The van der Waals surface area contributed by atoms with Crippen LogP contribution in [0.4, 0.5) is 0 Å². The summed E-state index contributed by atoms with van der Waals surface area (Å²) in [7, 11) is 0. The lowest BCUT2D eigenvalue weighted by Gasteiger charge is -2.30. The van der Waals surface area contributed by atoms with Crippen molar-refractivity contribution in [2.75, 3.05) is 6.61 Å². The van der Waals surface area contributed by atoms with E-state index >= 15 is 0 Å². The Balaban J connectivity index is 0. The largest absolute Gasteiger partial charge is 0.481 e. The van der Waals surface area contributed by atoms with Crippen LogP contribution in [0.2, 0.25) is 0 Å². The number of carbonyl (C=O) groups is 2. The molecule has 0 rings (SSSR count). The highest BCUT2D eigenvalue weighted by Gasteiger charge is 2.36. The summed E-state index contributed by atoms with van der Waals surface area (Å²) in [6, 6.07) is 0. The third-order valence-electron chi connectivity index (χ3n) is 12.1. The molecule has 0 aromatic rings. The van der Waals surface area contributed by atoms with Gasteiger partial charge >= 0.3 is 11.9 Å². The van der Waals surface area contributed by atoms with E-state index in [1.807, 2.05) is 6.92 Å². The van der Waals surface area contributed by atoms with E-state index < -0.39 is 5.97 Å². The number of carboxylic acid groups (broad SMARTS) is 1. The highest BCUT2D eigenvalue weighted by Crippen LogP contribution is 2.37. The van der Waals surface area contributed by atoms with E-state index in [1.54, 1.807) is 0 Å². The van der Waals surface area contributed by atoms with E-state index in [4.69, 9.17) is 9.84 Å². The maximum absolute atomic E-state index is 13.3. The molecular weight excluding hydrogens is 665 g/mol. The molecule has 0 heterocycles. The van der Waals surface area contributed by atoms with Gasteiger partial charge in [0.2, 0.25) is 0 Å². The van der Waals surface area contributed by atoms with Crippen LogP contribution >= 0.6 is 0 Å². The molecule has 0 bridgehead atoms. The minimum absolute atomic E-state index is 0.111. The average molecular weight is 765 g/mol. The van der Waals surface area contributed by atoms with Crippen LogP contribution in [0.15, 0.2) is 0 Å². The van der Waals surface area contributed by atoms with Gasteiger partial charge in [0, 0.05) is 0 Å². The third-order valence-corrected chi connectivity index (χ3v) is 12.1. The molecular formula is C50H100O4. The minimum atomic E-state index is -0.643. The SMILES string of the molecule is CCCCC(CC)C(=O)O.CCCCCCCCCCCCCCCCCCOC(=O)C(CC)(CCCC)CCCCCCCCCCCCCCCC. The molecule has 1 N–H and O–H groups in total. The van der Waals surface area contributed by atoms with Gasteiger partial charge in [-0.3, -0.25) is 9.59 Å². The number of ether oxygens (including phenoxy) is 1. The molecule has 324 valence electrons. The van der Waals surface area contributed by atoms with Gasteiger partial charge in [0.1, 0.15) is 0 Å². The first-order valence-electron chi connectivity index (χ1n) is 24.8. The first-order chi connectivity index (χ1) is 26.4. The van der Waals surface area contributed by atoms with Crippen molar-refractivity contribution in [3.05, 3.63) is 0 Å². The van der Waals surface area contributed by atoms with Crippen molar-refractivity contribution in [1.82, 2.24) is 0 Å². The molecule has 2 atom stereocenters. The Hall–Kier alpha value is -1.06. The second-order valence-corrected chi connectivity index (χ2v) is 17.1. The smallest absolute Gasteiger partial charge is 0.312 e. The van der Waals surface area contributed by atoms with E-state index in [9.17, 15) is 9.59 Å². The number of unbranched alkanes of at least 4 members (excludes halogenated alkanes) is 30. The summed E-state index contributed by atoms with van der Waals surface area (Å²) in [4.78, 5) is 23.7. The Bertz CT molecular complexity index is 751. The lowest BCUT2D eigenvalue weighted by Crippen LogP contribution is -2.33. The maximum atomic E-state index is 13.3. The van der Waals surface area contributed by atoms with Gasteiger partial charge in [0.05, 0.1) is 17.9 Å². The Morgan fingerprint density at radius 2 is 0.741 bits per heavy atom. The van der Waals surface area contributed by atoms with Gasteiger partial charge in [-0.2, -0.15) is 0 Å².